The third-order valence-electron chi connectivity index (χ3n) is 4.67. The molecule has 0 bridgehead atoms. The summed E-state index contributed by atoms with van der Waals surface area (Å²) in [6.07, 6.45) is 6.60. The van der Waals surface area contributed by atoms with E-state index in [2.05, 4.69) is 15.0 Å². The number of ether oxygens (including phenoxy) is 1. The molecule has 0 radical (unpaired) electrons. The molecule has 3 atom stereocenters. The van der Waals surface area contributed by atoms with Gasteiger partial charge in [-0.05, 0) is 44.9 Å². The third kappa shape index (κ3) is 2.30. The number of fused-ring (bicyclic) bond motifs is 1. The van der Waals surface area contributed by atoms with Gasteiger partial charge < -0.3 is 9.26 Å². The van der Waals surface area contributed by atoms with Crippen LogP contribution >= 0.6 is 0 Å². The van der Waals surface area contributed by atoms with Gasteiger partial charge in [-0.2, -0.15) is 4.98 Å². The fraction of sp³-hybridized carbons (Fsp3) is 0.857. The zero-order valence-electron chi connectivity index (χ0n) is 11.4. The minimum Gasteiger partial charge on any atom is -0.363 e. The highest BCUT2D eigenvalue weighted by atomic mass is 16.5. The topological polar surface area (TPSA) is 51.4 Å². The lowest BCUT2D eigenvalue weighted by Crippen LogP contribution is -2.41. The van der Waals surface area contributed by atoms with Crippen LogP contribution < -0.4 is 0 Å². The molecular formula is C14H21N3O2. The van der Waals surface area contributed by atoms with Crippen molar-refractivity contribution in [1.29, 1.82) is 0 Å². The predicted molar refractivity (Wildman–Crippen MR) is 68.6 cm³/mol. The number of aromatic nitrogens is 2. The summed E-state index contributed by atoms with van der Waals surface area (Å²) in [4.78, 5) is 6.96. The summed E-state index contributed by atoms with van der Waals surface area (Å²) in [6.45, 7) is 4.34. The fourth-order valence-electron chi connectivity index (χ4n) is 3.50. The van der Waals surface area contributed by atoms with E-state index in [1.165, 1.54) is 32.4 Å². The third-order valence-corrected chi connectivity index (χ3v) is 4.67. The number of likely N-dealkylation sites (tertiary alicyclic amines) is 1. The first-order chi connectivity index (χ1) is 9.29. The Morgan fingerprint density at radius 3 is 2.84 bits per heavy atom. The molecule has 4 rings (SSSR count). The van der Waals surface area contributed by atoms with E-state index in [9.17, 15) is 0 Å². The van der Waals surface area contributed by atoms with Crippen molar-refractivity contribution >= 4 is 0 Å². The van der Waals surface area contributed by atoms with Crippen molar-refractivity contribution in [1.82, 2.24) is 15.0 Å². The molecule has 0 aromatic carbocycles. The van der Waals surface area contributed by atoms with Crippen LogP contribution in [0.5, 0.6) is 0 Å². The molecule has 0 unspecified atom stereocenters. The first-order valence-corrected chi connectivity index (χ1v) is 7.49. The maximum absolute atomic E-state index is 6.20. The molecule has 1 saturated carbocycles. The van der Waals surface area contributed by atoms with Gasteiger partial charge in [-0.25, -0.2) is 0 Å². The van der Waals surface area contributed by atoms with Crippen LogP contribution in [0.25, 0.3) is 0 Å². The lowest BCUT2D eigenvalue weighted by atomic mass is 9.99. The average Bonchev–Trinajstić information content (AvgIpc) is 2.98. The van der Waals surface area contributed by atoms with Gasteiger partial charge in [0.25, 0.3) is 5.89 Å². The zero-order valence-corrected chi connectivity index (χ0v) is 11.4. The van der Waals surface area contributed by atoms with Crippen molar-refractivity contribution in [3.8, 4) is 0 Å². The van der Waals surface area contributed by atoms with Gasteiger partial charge in [-0.3, -0.25) is 4.90 Å². The summed E-state index contributed by atoms with van der Waals surface area (Å²) in [5, 5.41) is 3.86. The molecule has 3 aliphatic rings. The van der Waals surface area contributed by atoms with Gasteiger partial charge in [0.15, 0.2) is 5.82 Å². The first kappa shape index (κ1) is 11.9. The molecule has 5 heteroatoms. The van der Waals surface area contributed by atoms with E-state index in [1.54, 1.807) is 0 Å². The Hall–Kier alpha value is -0.940. The van der Waals surface area contributed by atoms with Crippen LogP contribution in [0.15, 0.2) is 4.52 Å². The Morgan fingerprint density at radius 2 is 2.11 bits per heavy atom. The van der Waals surface area contributed by atoms with Gasteiger partial charge in [0, 0.05) is 19.1 Å². The SMILES string of the molecule is Cc1noc([C@@H]2CC[C@H]3[C@H](CCN3CC3CC3)O2)n1. The summed E-state index contributed by atoms with van der Waals surface area (Å²) < 4.78 is 11.5. The summed E-state index contributed by atoms with van der Waals surface area (Å²) in [5.41, 5.74) is 0. The van der Waals surface area contributed by atoms with Crippen LogP contribution in [-0.4, -0.2) is 40.3 Å². The molecule has 1 aromatic heterocycles. The van der Waals surface area contributed by atoms with Crippen molar-refractivity contribution in [2.24, 2.45) is 5.92 Å². The van der Waals surface area contributed by atoms with Crippen molar-refractivity contribution in [3.63, 3.8) is 0 Å². The Labute approximate surface area is 113 Å². The molecule has 0 N–H and O–H groups in total. The van der Waals surface area contributed by atoms with Crippen LogP contribution in [0.1, 0.15) is 49.9 Å². The molecule has 1 aliphatic carbocycles. The second-order valence-corrected chi connectivity index (χ2v) is 6.21. The molecule has 104 valence electrons. The summed E-state index contributed by atoms with van der Waals surface area (Å²) in [7, 11) is 0. The second-order valence-electron chi connectivity index (χ2n) is 6.21. The smallest absolute Gasteiger partial charge is 0.255 e. The lowest BCUT2D eigenvalue weighted by Gasteiger charge is -2.34. The monoisotopic (exact) mass is 263 g/mol. The zero-order chi connectivity index (χ0) is 12.8. The molecule has 3 fully saturated rings. The lowest BCUT2D eigenvalue weighted by molar-refractivity contribution is -0.0826. The van der Waals surface area contributed by atoms with Crippen LogP contribution in [0, 0.1) is 12.8 Å². The Bertz CT molecular complexity index is 457. The quantitative estimate of drug-likeness (QED) is 0.835. The van der Waals surface area contributed by atoms with Crippen LogP contribution in [0.4, 0.5) is 0 Å². The van der Waals surface area contributed by atoms with Gasteiger partial charge in [0.2, 0.25) is 0 Å². The average molecular weight is 263 g/mol. The standard InChI is InChI=1S/C14H21N3O2/c1-9-15-14(19-16-9)13-5-4-11-12(18-13)6-7-17(11)8-10-2-3-10/h10-13H,2-8H2,1H3/t11-,12-,13-/m0/s1. The van der Waals surface area contributed by atoms with E-state index in [4.69, 9.17) is 9.26 Å². The van der Waals surface area contributed by atoms with Crippen LogP contribution in [0.2, 0.25) is 0 Å². The van der Waals surface area contributed by atoms with Gasteiger partial charge in [-0.15, -0.1) is 0 Å². The highest BCUT2D eigenvalue weighted by Crippen LogP contribution is 2.39. The molecule has 2 aliphatic heterocycles. The maximum atomic E-state index is 6.20. The van der Waals surface area contributed by atoms with Crippen molar-refractivity contribution in [2.45, 2.75) is 57.3 Å². The minimum atomic E-state index is 0.0170. The van der Waals surface area contributed by atoms with E-state index in [0.29, 0.717) is 23.9 Å². The van der Waals surface area contributed by atoms with Crippen molar-refractivity contribution < 1.29 is 9.26 Å². The molecule has 0 amide bonds. The number of nitrogens with zero attached hydrogens (tertiary/aromatic N) is 3. The number of hydrogen-bond acceptors (Lipinski definition) is 5. The van der Waals surface area contributed by atoms with Crippen LogP contribution in [-0.2, 0) is 4.74 Å². The highest BCUT2D eigenvalue weighted by molar-refractivity contribution is 4.98. The number of aryl methyl sites for hydroxylation is 1. The molecule has 1 aromatic rings. The second kappa shape index (κ2) is 4.56. The first-order valence-electron chi connectivity index (χ1n) is 7.49. The fourth-order valence-corrected chi connectivity index (χ4v) is 3.50. The predicted octanol–water partition coefficient (Wildman–Crippen LogP) is 2.08. The highest BCUT2D eigenvalue weighted by Gasteiger charge is 2.42. The Kier molecular flexibility index (Phi) is 2.84. The maximum Gasteiger partial charge on any atom is 0.255 e. The van der Waals surface area contributed by atoms with E-state index in [0.717, 1.165) is 18.8 Å². The minimum absolute atomic E-state index is 0.0170. The number of hydrogen-bond donors (Lipinski definition) is 0. The Morgan fingerprint density at radius 1 is 1.21 bits per heavy atom. The van der Waals surface area contributed by atoms with E-state index in [1.807, 2.05) is 6.92 Å². The summed E-state index contributed by atoms with van der Waals surface area (Å²) in [5.74, 6) is 2.33. The van der Waals surface area contributed by atoms with Crippen LogP contribution in [0.3, 0.4) is 0 Å². The molecule has 0 spiro atoms. The molecule has 5 nitrogen and oxygen atoms in total. The van der Waals surface area contributed by atoms with Crippen molar-refractivity contribution in [2.75, 3.05) is 13.1 Å². The van der Waals surface area contributed by atoms with E-state index >= 15 is 0 Å². The van der Waals surface area contributed by atoms with Gasteiger partial charge in [0.1, 0.15) is 6.10 Å². The molecule has 2 saturated heterocycles. The molecular weight excluding hydrogens is 242 g/mol. The van der Waals surface area contributed by atoms with Gasteiger partial charge >= 0.3 is 0 Å². The largest absolute Gasteiger partial charge is 0.363 e. The number of rotatable bonds is 3. The molecule has 3 heterocycles. The normalized spacial score (nSPS) is 35.5. The Balaban J connectivity index is 1.41. The van der Waals surface area contributed by atoms with E-state index in [-0.39, 0.29) is 6.10 Å². The van der Waals surface area contributed by atoms with Gasteiger partial charge in [-0.1, -0.05) is 5.16 Å². The molecule has 19 heavy (non-hydrogen) atoms. The summed E-state index contributed by atoms with van der Waals surface area (Å²) >= 11 is 0. The van der Waals surface area contributed by atoms with Crippen molar-refractivity contribution in [3.05, 3.63) is 11.7 Å². The summed E-state index contributed by atoms with van der Waals surface area (Å²) in [6, 6.07) is 0.626. The van der Waals surface area contributed by atoms with E-state index < -0.39 is 0 Å². The van der Waals surface area contributed by atoms with Gasteiger partial charge in [0.05, 0.1) is 6.10 Å².